The van der Waals surface area contributed by atoms with E-state index in [-0.39, 0.29) is 31.6 Å². The number of hydrogen-bond acceptors (Lipinski definition) is 7. The molecule has 186 valence electrons. The first kappa shape index (κ1) is 26.8. The molecule has 2 bridgehead atoms. The van der Waals surface area contributed by atoms with Crippen LogP contribution in [0.2, 0.25) is 0 Å². The van der Waals surface area contributed by atoms with Gasteiger partial charge in [-0.05, 0) is 24.0 Å². The average molecular weight is 477 g/mol. The molecule has 1 heterocycles. The highest BCUT2D eigenvalue weighted by Crippen LogP contribution is 2.14. The molecule has 0 saturated carbocycles. The molecular formula is C23H32N4O7. The molecule has 1 aliphatic rings. The van der Waals surface area contributed by atoms with Crippen LogP contribution >= 0.6 is 0 Å². The van der Waals surface area contributed by atoms with Gasteiger partial charge in [-0.2, -0.15) is 0 Å². The Morgan fingerprint density at radius 3 is 2.41 bits per heavy atom. The van der Waals surface area contributed by atoms with Gasteiger partial charge in [-0.25, -0.2) is 10.3 Å². The van der Waals surface area contributed by atoms with E-state index >= 15 is 0 Å². The van der Waals surface area contributed by atoms with Gasteiger partial charge in [0, 0.05) is 26.2 Å². The van der Waals surface area contributed by atoms with Crippen molar-refractivity contribution in [3.05, 3.63) is 35.4 Å². The second-order valence-corrected chi connectivity index (χ2v) is 8.26. The highest BCUT2D eigenvalue weighted by molar-refractivity contribution is 5.93. The van der Waals surface area contributed by atoms with Gasteiger partial charge in [0.25, 0.3) is 0 Å². The number of carbonyl (C=O) groups excluding carboxylic acids is 5. The van der Waals surface area contributed by atoms with Crippen molar-refractivity contribution >= 4 is 29.6 Å². The number of ether oxygens (including phenoxy) is 1. The normalized spacial score (nSPS) is 20.6. The van der Waals surface area contributed by atoms with Crippen LogP contribution in [0.15, 0.2) is 24.3 Å². The summed E-state index contributed by atoms with van der Waals surface area (Å²) in [6.07, 6.45) is 2.37. The summed E-state index contributed by atoms with van der Waals surface area (Å²) >= 11 is 0. The van der Waals surface area contributed by atoms with Gasteiger partial charge in [-0.1, -0.05) is 37.1 Å². The van der Waals surface area contributed by atoms with Crippen LogP contribution in [0, 0.1) is 0 Å². The van der Waals surface area contributed by atoms with Crippen LogP contribution in [-0.4, -0.2) is 60.0 Å². The molecule has 11 nitrogen and oxygen atoms in total. The third-order valence-electron chi connectivity index (χ3n) is 5.52. The van der Waals surface area contributed by atoms with Crippen molar-refractivity contribution in [1.29, 1.82) is 0 Å². The summed E-state index contributed by atoms with van der Waals surface area (Å²) in [5, 5.41) is 16.6. The number of amides is 4. The van der Waals surface area contributed by atoms with E-state index in [0.29, 0.717) is 19.3 Å². The molecule has 1 aromatic carbocycles. The Morgan fingerprint density at radius 1 is 1.06 bits per heavy atom. The predicted molar refractivity (Wildman–Crippen MR) is 120 cm³/mol. The quantitative estimate of drug-likeness (QED) is 0.151. The lowest BCUT2D eigenvalue weighted by molar-refractivity contribution is -0.145. The standard InChI is InChI=1S/C23H32N4O7/c1-14(28)24-18-12-15-7-6-8-16(11-15)13-19(23(32)34-2)26-21(30)17(25-22(18)31)9-4-3-5-10-20(29)27-33/h6-8,11,17-19,33H,3-5,9-10,12-13H2,1-2H3,(H,24,28)(H,25,31)(H,26,30)(H,27,29)/t17-,18-,19-/m0/s1. The van der Waals surface area contributed by atoms with Crippen LogP contribution in [0.1, 0.15) is 50.2 Å². The molecule has 0 aromatic heterocycles. The minimum Gasteiger partial charge on any atom is -0.467 e. The zero-order chi connectivity index (χ0) is 25.1. The maximum atomic E-state index is 13.1. The van der Waals surface area contributed by atoms with Crippen LogP contribution in [-0.2, 0) is 41.6 Å². The summed E-state index contributed by atoms with van der Waals surface area (Å²) in [5.74, 6) is -2.55. The number of hydroxylamine groups is 1. The van der Waals surface area contributed by atoms with Crippen molar-refractivity contribution in [3.8, 4) is 0 Å². The van der Waals surface area contributed by atoms with Crippen molar-refractivity contribution < 1.29 is 33.9 Å². The molecule has 34 heavy (non-hydrogen) atoms. The second-order valence-electron chi connectivity index (χ2n) is 8.26. The Balaban J connectivity index is 2.25. The van der Waals surface area contributed by atoms with E-state index in [2.05, 4.69) is 16.0 Å². The van der Waals surface area contributed by atoms with E-state index in [4.69, 9.17) is 9.94 Å². The molecule has 0 saturated heterocycles. The molecule has 0 radical (unpaired) electrons. The maximum Gasteiger partial charge on any atom is 0.328 e. The number of benzene rings is 1. The fourth-order valence-electron chi connectivity index (χ4n) is 3.83. The van der Waals surface area contributed by atoms with E-state index in [1.54, 1.807) is 11.5 Å². The summed E-state index contributed by atoms with van der Waals surface area (Å²) in [6, 6.07) is 4.47. The number of hydrogen-bond donors (Lipinski definition) is 5. The number of nitrogens with one attached hydrogen (secondary N) is 4. The summed E-state index contributed by atoms with van der Waals surface area (Å²) < 4.78 is 4.85. The average Bonchev–Trinajstić information content (AvgIpc) is 2.80. The summed E-state index contributed by atoms with van der Waals surface area (Å²) in [4.78, 5) is 61.3. The summed E-state index contributed by atoms with van der Waals surface area (Å²) in [7, 11) is 1.24. The molecule has 1 aromatic rings. The number of unbranched alkanes of at least 4 members (excludes halogenated alkanes) is 2. The number of fused-ring (bicyclic) bond motifs is 2. The molecule has 11 heteroatoms. The van der Waals surface area contributed by atoms with Crippen molar-refractivity contribution in [3.63, 3.8) is 0 Å². The van der Waals surface area contributed by atoms with Crippen LogP contribution in [0.4, 0.5) is 0 Å². The molecule has 0 aliphatic carbocycles. The topological polar surface area (TPSA) is 163 Å². The van der Waals surface area contributed by atoms with Gasteiger partial charge in [0.2, 0.25) is 23.6 Å². The minimum absolute atomic E-state index is 0.131. The highest BCUT2D eigenvalue weighted by Gasteiger charge is 2.30. The van der Waals surface area contributed by atoms with Gasteiger partial charge < -0.3 is 20.7 Å². The Morgan fingerprint density at radius 2 is 1.76 bits per heavy atom. The van der Waals surface area contributed by atoms with E-state index in [9.17, 15) is 24.0 Å². The van der Waals surface area contributed by atoms with Crippen LogP contribution in [0.25, 0.3) is 0 Å². The molecule has 0 unspecified atom stereocenters. The number of methoxy groups -OCH3 is 1. The zero-order valence-corrected chi connectivity index (χ0v) is 19.4. The Bertz CT molecular complexity index is 894. The van der Waals surface area contributed by atoms with Crippen LogP contribution < -0.4 is 21.4 Å². The lowest BCUT2D eigenvalue weighted by Gasteiger charge is -2.26. The zero-order valence-electron chi connectivity index (χ0n) is 19.4. The van der Waals surface area contributed by atoms with E-state index in [1.165, 1.54) is 14.0 Å². The summed E-state index contributed by atoms with van der Waals surface area (Å²) in [5.41, 5.74) is 3.13. The molecule has 2 rings (SSSR count). The van der Waals surface area contributed by atoms with Gasteiger partial charge in [-0.3, -0.25) is 24.4 Å². The van der Waals surface area contributed by atoms with Gasteiger partial charge in [-0.15, -0.1) is 0 Å². The predicted octanol–water partition coefficient (Wildman–Crippen LogP) is -0.112. The molecule has 5 N–H and O–H groups in total. The highest BCUT2D eigenvalue weighted by atomic mass is 16.5. The largest absolute Gasteiger partial charge is 0.467 e. The van der Waals surface area contributed by atoms with Crippen molar-refractivity contribution in [2.75, 3.05) is 7.11 Å². The monoisotopic (exact) mass is 476 g/mol. The maximum absolute atomic E-state index is 13.1. The lowest BCUT2D eigenvalue weighted by atomic mass is 9.97. The second kappa shape index (κ2) is 13.3. The number of esters is 1. The molecule has 3 atom stereocenters. The van der Waals surface area contributed by atoms with Crippen molar-refractivity contribution in [1.82, 2.24) is 21.4 Å². The number of rotatable bonds is 8. The minimum atomic E-state index is -0.958. The van der Waals surface area contributed by atoms with Gasteiger partial charge in [0.1, 0.15) is 18.1 Å². The third kappa shape index (κ3) is 8.47. The van der Waals surface area contributed by atoms with E-state index in [0.717, 1.165) is 11.1 Å². The van der Waals surface area contributed by atoms with Crippen LogP contribution in [0.3, 0.4) is 0 Å². The van der Waals surface area contributed by atoms with E-state index in [1.807, 2.05) is 18.2 Å². The van der Waals surface area contributed by atoms with Crippen molar-refractivity contribution in [2.24, 2.45) is 0 Å². The summed E-state index contributed by atoms with van der Waals surface area (Å²) in [6.45, 7) is 1.31. The first-order valence-corrected chi connectivity index (χ1v) is 11.2. The first-order valence-electron chi connectivity index (χ1n) is 11.2. The van der Waals surface area contributed by atoms with Gasteiger partial charge in [0.05, 0.1) is 7.11 Å². The van der Waals surface area contributed by atoms with E-state index < -0.39 is 41.8 Å². The lowest BCUT2D eigenvalue weighted by Crippen LogP contribution is -2.56. The molecule has 0 fully saturated rings. The Labute approximate surface area is 197 Å². The SMILES string of the molecule is COC(=O)[C@@H]1Cc2cccc(c2)C[C@H](NC(C)=O)C(=O)N[C@@H](CCCCCC(=O)NO)C(=O)N1. The molecule has 4 amide bonds. The Kier molecular flexibility index (Phi) is 10.5. The molecule has 1 aliphatic heterocycles. The fraction of sp³-hybridized carbons (Fsp3) is 0.522. The van der Waals surface area contributed by atoms with Crippen LogP contribution in [0.5, 0.6) is 0 Å². The smallest absolute Gasteiger partial charge is 0.328 e. The molecular weight excluding hydrogens is 444 g/mol. The molecule has 0 spiro atoms. The van der Waals surface area contributed by atoms with Crippen molar-refractivity contribution in [2.45, 2.75) is 70.0 Å². The van der Waals surface area contributed by atoms with Gasteiger partial charge in [0.15, 0.2) is 0 Å². The number of carbonyl (C=O) groups is 5. The first-order chi connectivity index (χ1) is 16.2. The third-order valence-corrected chi connectivity index (χ3v) is 5.52. The Hall–Kier alpha value is -3.47. The van der Waals surface area contributed by atoms with Gasteiger partial charge >= 0.3 is 5.97 Å². The fourth-order valence-corrected chi connectivity index (χ4v) is 3.83.